The van der Waals surface area contributed by atoms with Crippen LogP contribution in [0.2, 0.25) is 5.15 Å². The summed E-state index contributed by atoms with van der Waals surface area (Å²) in [5.74, 6) is -0.408. The van der Waals surface area contributed by atoms with E-state index in [0.717, 1.165) is 5.56 Å². The largest absolute Gasteiger partial charge is 0.508 e. The molecule has 2 rings (SSSR count). The minimum atomic E-state index is -0.566. The van der Waals surface area contributed by atoms with Gasteiger partial charge in [0.15, 0.2) is 10.8 Å². The first-order chi connectivity index (χ1) is 8.66. The fourth-order valence-corrected chi connectivity index (χ4v) is 1.31. The highest BCUT2D eigenvalue weighted by Gasteiger charge is 2.13. The lowest BCUT2D eigenvalue weighted by molar-refractivity contribution is 0.0950. The van der Waals surface area contributed by atoms with Gasteiger partial charge in [0.25, 0.3) is 5.91 Å². The number of nitrogens with zero attached hydrogens (tertiary/aromatic N) is 3. The Morgan fingerprint density at radius 2 is 2.11 bits per heavy atom. The van der Waals surface area contributed by atoms with Crippen LogP contribution in [0.25, 0.3) is 0 Å². The van der Waals surface area contributed by atoms with Gasteiger partial charge in [-0.25, -0.2) is 5.43 Å². The molecule has 1 aromatic heterocycles. The summed E-state index contributed by atoms with van der Waals surface area (Å²) in [5, 5.41) is 22.1. The molecule has 0 spiro atoms. The van der Waals surface area contributed by atoms with Crippen LogP contribution in [-0.4, -0.2) is 32.6 Å². The molecule has 0 aliphatic rings. The van der Waals surface area contributed by atoms with Crippen LogP contribution in [0.5, 0.6) is 5.75 Å². The van der Waals surface area contributed by atoms with Gasteiger partial charge in [-0.3, -0.25) is 4.79 Å². The second kappa shape index (κ2) is 5.28. The fraction of sp³-hybridized carbons (Fsp3) is 0. The molecule has 0 radical (unpaired) electrons. The lowest BCUT2D eigenvalue weighted by atomic mass is 10.2. The molecule has 0 aliphatic carbocycles. The summed E-state index contributed by atoms with van der Waals surface area (Å²) in [6.45, 7) is 0. The molecule has 92 valence electrons. The van der Waals surface area contributed by atoms with Crippen LogP contribution in [0.3, 0.4) is 0 Å². The zero-order valence-corrected chi connectivity index (χ0v) is 9.72. The van der Waals surface area contributed by atoms with E-state index in [-0.39, 0.29) is 16.6 Å². The van der Waals surface area contributed by atoms with E-state index in [9.17, 15) is 4.79 Å². The van der Waals surface area contributed by atoms with Gasteiger partial charge in [0.05, 0.1) is 6.21 Å². The quantitative estimate of drug-likeness (QED) is 0.567. The van der Waals surface area contributed by atoms with Gasteiger partial charge in [-0.05, 0) is 29.8 Å². The zero-order valence-electron chi connectivity index (χ0n) is 8.96. The number of aromatic amines is 1. The van der Waals surface area contributed by atoms with Crippen molar-refractivity contribution < 1.29 is 9.90 Å². The molecule has 0 bridgehead atoms. The Morgan fingerprint density at radius 3 is 2.72 bits per heavy atom. The van der Waals surface area contributed by atoms with Crippen molar-refractivity contribution in [3.63, 3.8) is 0 Å². The van der Waals surface area contributed by atoms with E-state index in [2.05, 4.69) is 25.9 Å². The van der Waals surface area contributed by atoms with Crippen molar-refractivity contribution in [2.24, 2.45) is 5.10 Å². The van der Waals surface area contributed by atoms with Crippen molar-refractivity contribution in [2.45, 2.75) is 0 Å². The molecular formula is C10H8ClN5O2. The summed E-state index contributed by atoms with van der Waals surface area (Å²) in [6.07, 6.45) is 1.42. The van der Waals surface area contributed by atoms with Gasteiger partial charge in [-0.15, -0.1) is 10.2 Å². The molecule has 18 heavy (non-hydrogen) atoms. The Labute approximate surface area is 106 Å². The molecule has 7 nitrogen and oxygen atoms in total. The van der Waals surface area contributed by atoms with Crippen LogP contribution in [0.1, 0.15) is 16.1 Å². The Balaban J connectivity index is 1.98. The number of hydrogen-bond acceptors (Lipinski definition) is 5. The monoisotopic (exact) mass is 265 g/mol. The van der Waals surface area contributed by atoms with Crippen LogP contribution >= 0.6 is 11.6 Å². The Morgan fingerprint density at radius 1 is 1.39 bits per heavy atom. The number of rotatable bonds is 3. The van der Waals surface area contributed by atoms with E-state index in [1.807, 2.05) is 0 Å². The Bertz CT molecular complexity index is 578. The molecule has 2 aromatic rings. The summed E-state index contributed by atoms with van der Waals surface area (Å²) in [7, 11) is 0. The number of halogens is 1. The van der Waals surface area contributed by atoms with Crippen LogP contribution < -0.4 is 5.43 Å². The van der Waals surface area contributed by atoms with Gasteiger partial charge in [0.2, 0.25) is 0 Å². The van der Waals surface area contributed by atoms with Crippen molar-refractivity contribution in [1.29, 1.82) is 0 Å². The summed E-state index contributed by atoms with van der Waals surface area (Å²) in [4.78, 5) is 11.5. The highest BCUT2D eigenvalue weighted by molar-refractivity contribution is 6.32. The molecule has 0 saturated heterocycles. The molecule has 3 N–H and O–H groups in total. The average Bonchev–Trinajstić information content (AvgIpc) is 2.78. The number of aromatic hydroxyl groups is 1. The van der Waals surface area contributed by atoms with E-state index in [0.29, 0.717) is 0 Å². The minimum absolute atomic E-state index is 0.0210. The third-order valence-electron chi connectivity index (χ3n) is 1.99. The van der Waals surface area contributed by atoms with E-state index in [4.69, 9.17) is 16.7 Å². The van der Waals surface area contributed by atoms with Crippen molar-refractivity contribution in [3.05, 3.63) is 40.7 Å². The standard InChI is InChI=1S/C10H8ClN5O2/c11-9-8(13-16-14-9)10(18)15-12-5-6-1-3-7(17)4-2-6/h1-5,17H,(H,15,18)(H,13,14,16)/b12-5+. The van der Waals surface area contributed by atoms with Gasteiger partial charge < -0.3 is 5.11 Å². The number of phenolic OH excluding ortho intramolecular Hbond substituents is 1. The van der Waals surface area contributed by atoms with Crippen LogP contribution in [-0.2, 0) is 0 Å². The first-order valence-electron chi connectivity index (χ1n) is 4.85. The number of carbonyl (C=O) groups is 1. The van der Waals surface area contributed by atoms with Gasteiger partial charge in [-0.2, -0.15) is 10.3 Å². The van der Waals surface area contributed by atoms with Gasteiger partial charge in [-0.1, -0.05) is 11.6 Å². The number of nitrogens with one attached hydrogen (secondary N) is 2. The number of benzene rings is 1. The predicted molar refractivity (Wildman–Crippen MR) is 64.6 cm³/mol. The minimum Gasteiger partial charge on any atom is -0.508 e. The van der Waals surface area contributed by atoms with Crippen molar-refractivity contribution in [1.82, 2.24) is 20.8 Å². The van der Waals surface area contributed by atoms with E-state index >= 15 is 0 Å². The second-order valence-corrected chi connectivity index (χ2v) is 3.61. The lowest BCUT2D eigenvalue weighted by Crippen LogP contribution is -2.18. The highest BCUT2D eigenvalue weighted by Crippen LogP contribution is 2.08. The molecule has 1 amide bonds. The Kier molecular flexibility index (Phi) is 3.54. The first-order valence-corrected chi connectivity index (χ1v) is 5.23. The summed E-state index contributed by atoms with van der Waals surface area (Å²) < 4.78 is 0. The van der Waals surface area contributed by atoms with E-state index in [1.54, 1.807) is 12.1 Å². The molecule has 0 aliphatic heterocycles. The molecule has 1 aromatic carbocycles. The molecule has 1 heterocycles. The molecule has 0 unspecified atom stereocenters. The summed E-state index contributed by atoms with van der Waals surface area (Å²) in [6, 6.07) is 6.32. The van der Waals surface area contributed by atoms with Gasteiger partial charge in [0, 0.05) is 0 Å². The molecule has 0 saturated carbocycles. The van der Waals surface area contributed by atoms with Gasteiger partial charge >= 0.3 is 0 Å². The number of H-pyrrole nitrogens is 1. The first kappa shape index (κ1) is 12.1. The summed E-state index contributed by atoms with van der Waals surface area (Å²) >= 11 is 5.60. The smallest absolute Gasteiger partial charge is 0.295 e. The highest BCUT2D eigenvalue weighted by atomic mass is 35.5. The van der Waals surface area contributed by atoms with Crippen LogP contribution in [0.15, 0.2) is 29.4 Å². The normalized spacial score (nSPS) is 10.7. The average molecular weight is 266 g/mol. The maximum absolute atomic E-state index is 11.5. The zero-order chi connectivity index (χ0) is 13.0. The maximum Gasteiger partial charge on any atom is 0.295 e. The third kappa shape index (κ3) is 2.83. The molecule has 0 fully saturated rings. The predicted octanol–water partition coefficient (Wildman–Crippen LogP) is 0.928. The number of aromatic nitrogens is 3. The lowest BCUT2D eigenvalue weighted by Gasteiger charge is -1.96. The number of hydrogen-bond donors (Lipinski definition) is 3. The van der Waals surface area contributed by atoms with Crippen molar-refractivity contribution in [2.75, 3.05) is 0 Å². The number of amides is 1. The summed E-state index contributed by atoms with van der Waals surface area (Å²) in [5.41, 5.74) is 2.94. The van der Waals surface area contributed by atoms with Gasteiger partial charge in [0.1, 0.15) is 5.75 Å². The molecular weight excluding hydrogens is 258 g/mol. The number of hydrazone groups is 1. The third-order valence-corrected chi connectivity index (χ3v) is 2.26. The topological polar surface area (TPSA) is 103 Å². The van der Waals surface area contributed by atoms with E-state index in [1.165, 1.54) is 18.3 Å². The maximum atomic E-state index is 11.5. The Hall–Kier alpha value is -2.41. The second-order valence-electron chi connectivity index (χ2n) is 3.25. The van der Waals surface area contributed by atoms with Crippen LogP contribution in [0.4, 0.5) is 0 Å². The van der Waals surface area contributed by atoms with Crippen molar-refractivity contribution in [3.8, 4) is 5.75 Å². The SMILES string of the molecule is O=C(N/N=C/c1ccc(O)cc1)c1n[nH]nc1Cl. The fourth-order valence-electron chi connectivity index (χ4n) is 1.14. The molecule has 0 atom stereocenters. The number of phenols is 1. The van der Waals surface area contributed by atoms with Crippen molar-refractivity contribution >= 4 is 23.7 Å². The molecule has 8 heteroatoms. The van der Waals surface area contributed by atoms with Crippen LogP contribution in [0, 0.1) is 0 Å². The number of carbonyl (C=O) groups excluding carboxylic acids is 1. The van der Waals surface area contributed by atoms with E-state index < -0.39 is 5.91 Å².